The van der Waals surface area contributed by atoms with Gasteiger partial charge < -0.3 is 11.1 Å². The van der Waals surface area contributed by atoms with Crippen LogP contribution in [0.25, 0.3) is 0 Å². The number of hydrogen-bond acceptors (Lipinski definition) is 3. The fourth-order valence-corrected chi connectivity index (χ4v) is 2.48. The lowest BCUT2D eigenvalue weighted by atomic mass is 9.93. The number of carbonyl (C=O) groups excluding carboxylic acids is 1. The molecule has 0 fully saturated rings. The summed E-state index contributed by atoms with van der Waals surface area (Å²) in [5, 5.41) is 3.23. The number of carbonyl (C=O) groups is 1. The normalized spacial score (nSPS) is 11.7. The lowest BCUT2D eigenvalue weighted by molar-refractivity contribution is -0.125. The van der Waals surface area contributed by atoms with Crippen molar-refractivity contribution >= 4 is 33.2 Å². The van der Waals surface area contributed by atoms with E-state index in [0.717, 1.165) is 10.3 Å². The van der Waals surface area contributed by atoms with E-state index in [9.17, 15) is 4.79 Å². The Balaban J connectivity index is 2.36. The number of primary amides is 1. The summed E-state index contributed by atoms with van der Waals surface area (Å²) in [6.07, 6.45) is 0. The molecule has 15 heavy (non-hydrogen) atoms. The molecule has 1 heterocycles. The van der Waals surface area contributed by atoms with Crippen molar-refractivity contribution in [3.05, 3.63) is 20.8 Å². The molecule has 0 radical (unpaired) electrons. The van der Waals surface area contributed by atoms with Crippen LogP contribution in [0.15, 0.2) is 15.9 Å². The molecule has 0 aliphatic rings. The lowest BCUT2D eigenvalue weighted by Crippen LogP contribution is -2.40. The van der Waals surface area contributed by atoms with Gasteiger partial charge in [-0.2, -0.15) is 0 Å². The number of rotatable bonds is 5. The zero-order valence-electron chi connectivity index (χ0n) is 8.84. The van der Waals surface area contributed by atoms with Crippen LogP contribution in [0.2, 0.25) is 0 Å². The van der Waals surface area contributed by atoms with Gasteiger partial charge in [0.05, 0.1) is 9.20 Å². The monoisotopic (exact) mass is 290 g/mol. The summed E-state index contributed by atoms with van der Waals surface area (Å²) in [5.41, 5.74) is 4.78. The predicted molar refractivity (Wildman–Crippen MR) is 66.7 cm³/mol. The summed E-state index contributed by atoms with van der Waals surface area (Å²) in [6, 6.07) is 4.07. The van der Waals surface area contributed by atoms with Gasteiger partial charge in [-0.25, -0.2) is 0 Å². The Kier molecular flexibility index (Phi) is 4.31. The Morgan fingerprint density at radius 2 is 2.27 bits per heavy atom. The summed E-state index contributed by atoms with van der Waals surface area (Å²) in [7, 11) is 0. The number of nitrogens with two attached hydrogens (primary N) is 1. The van der Waals surface area contributed by atoms with Crippen molar-refractivity contribution in [1.29, 1.82) is 0 Å². The predicted octanol–water partition coefficient (Wildman–Crippen LogP) is 2.11. The molecule has 0 bridgehead atoms. The van der Waals surface area contributed by atoms with Crippen LogP contribution in [0.1, 0.15) is 18.7 Å². The molecule has 0 saturated heterocycles. The number of hydrogen-bond donors (Lipinski definition) is 2. The van der Waals surface area contributed by atoms with E-state index < -0.39 is 5.41 Å². The third-order valence-electron chi connectivity index (χ3n) is 2.16. The van der Waals surface area contributed by atoms with Gasteiger partial charge in [0.25, 0.3) is 0 Å². The second-order valence-corrected chi connectivity index (χ2v) is 6.61. The summed E-state index contributed by atoms with van der Waals surface area (Å²) in [5.74, 6) is -0.276. The van der Waals surface area contributed by atoms with Gasteiger partial charge in [-0.15, -0.1) is 11.3 Å². The summed E-state index contributed by atoms with van der Waals surface area (Å²) < 4.78 is 1.12. The molecule has 1 amide bonds. The van der Waals surface area contributed by atoms with Gasteiger partial charge in [-0.3, -0.25) is 4.79 Å². The summed E-state index contributed by atoms with van der Waals surface area (Å²) >= 11 is 5.09. The minimum absolute atomic E-state index is 0.276. The lowest BCUT2D eigenvalue weighted by Gasteiger charge is -2.20. The highest BCUT2D eigenvalue weighted by Crippen LogP contribution is 2.22. The third-order valence-corrected chi connectivity index (χ3v) is 3.79. The van der Waals surface area contributed by atoms with E-state index in [1.165, 1.54) is 4.88 Å². The van der Waals surface area contributed by atoms with Crippen molar-refractivity contribution in [1.82, 2.24) is 5.32 Å². The molecule has 1 rings (SSSR count). The molecular weight excluding hydrogens is 276 g/mol. The highest BCUT2D eigenvalue weighted by Gasteiger charge is 2.23. The van der Waals surface area contributed by atoms with E-state index >= 15 is 0 Å². The largest absolute Gasteiger partial charge is 0.369 e. The Labute approximate surface area is 102 Å². The molecule has 5 heteroatoms. The first-order valence-corrected chi connectivity index (χ1v) is 6.27. The average Bonchev–Trinajstić information content (AvgIpc) is 2.51. The first-order chi connectivity index (χ1) is 6.92. The zero-order chi connectivity index (χ0) is 11.5. The number of amides is 1. The highest BCUT2D eigenvalue weighted by atomic mass is 79.9. The quantitative estimate of drug-likeness (QED) is 0.873. The van der Waals surface area contributed by atoms with Crippen molar-refractivity contribution in [2.45, 2.75) is 20.4 Å². The first-order valence-electron chi connectivity index (χ1n) is 4.66. The fourth-order valence-electron chi connectivity index (χ4n) is 1.03. The molecule has 0 aromatic carbocycles. The molecular formula is C10H15BrN2OS. The molecule has 1 aromatic heterocycles. The zero-order valence-corrected chi connectivity index (χ0v) is 11.2. The maximum Gasteiger partial charge on any atom is 0.224 e. The smallest absolute Gasteiger partial charge is 0.224 e. The standard InChI is InChI=1S/C10H15BrN2OS/c1-10(2,9(12)14)6-13-5-7-3-4-8(11)15-7/h3-4,13H,5-6H2,1-2H3,(H2,12,14). The summed E-state index contributed by atoms with van der Waals surface area (Å²) in [4.78, 5) is 12.3. The molecule has 0 aliphatic heterocycles. The molecule has 3 nitrogen and oxygen atoms in total. The van der Waals surface area contributed by atoms with Gasteiger partial charge >= 0.3 is 0 Å². The fraction of sp³-hybridized carbons (Fsp3) is 0.500. The van der Waals surface area contributed by atoms with E-state index in [1.54, 1.807) is 11.3 Å². The number of halogens is 1. The van der Waals surface area contributed by atoms with Gasteiger partial charge in [0.2, 0.25) is 5.91 Å². The van der Waals surface area contributed by atoms with Crippen LogP contribution in [0.3, 0.4) is 0 Å². The van der Waals surface area contributed by atoms with Crippen molar-refractivity contribution in [3.8, 4) is 0 Å². The van der Waals surface area contributed by atoms with Gasteiger partial charge in [0.15, 0.2) is 0 Å². The van der Waals surface area contributed by atoms with E-state index in [0.29, 0.717) is 6.54 Å². The van der Waals surface area contributed by atoms with Gasteiger partial charge in [-0.05, 0) is 41.9 Å². The Bertz CT molecular complexity index is 349. The molecule has 0 aliphatic carbocycles. The molecule has 0 unspecified atom stereocenters. The van der Waals surface area contributed by atoms with E-state index in [4.69, 9.17) is 5.73 Å². The Hall–Kier alpha value is -0.390. The summed E-state index contributed by atoms with van der Waals surface area (Å²) in [6.45, 7) is 5.05. The van der Waals surface area contributed by atoms with E-state index in [1.807, 2.05) is 19.9 Å². The molecule has 0 atom stereocenters. The van der Waals surface area contributed by atoms with Crippen molar-refractivity contribution in [2.75, 3.05) is 6.54 Å². The molecule has 84 valence electrons. The first kappa shape index (κ1) is 12.7. The van der Waals surface area contributed by atoms with Crippen molar-refractivity contribution < 1.29 is 4.79 Å². The van der Waals surface area contributed by atoms with Crippen LogP contribution in [-0.2, 0) is 11.3 Å². The topological polar surface area (TPSA) is 55.1 Å². The Morgan fingerprint density at radius 1 is 1.60 bits per heavy atom. The number of thiophene rings is 1. The highest BCUT2D eigenvalue weighted by molar-refractivity contribution is 9.11. The van der Waals surface area contributed by atoms with Crippen molar-refractivity contribution in [2.24, 2.45) is 11.1 Å². The third kappa shape index (κ3) is 3.93. The van der Waals surface area contributed by atoms with E-state index in [-0.39, 0.29) is 5.91 Å². The second kappa shape index (κ2) is 5.09. The minimum atomic E-state index is -0.492. The average molecular weight is 291 g/mol. The maximum absolute atomic E-state index is 11.0. The van der Waals surface area contributed by atoms with Crippen LogP contribution in [-0.4, -0.2) is 12.5 Å². The van der Waals surface area contributed by atoms with Crippen LogP contribution in [0.5, 0.6) is 0 Å². The molecule has 0 spiro atoms. The van der Waals surface area contributed by atoms with Crippen LogP contribution < -0.4 is 11.1 Å². The number of nitrogens with one attached hydrogen (secondary N) is 1. The van der Waals surface area contributed by atoms with Crippen LogP contribution >= 0.6 is 27.3 Å². The molecule has 1 aromatic rings. The van der Waals surface area contributed by atoms with Crippen molar-refractivity contribution in [3.63, 3.8) is 0 Å². The van der Waals surface area contributed by atoms with E-state index in [2.05, 4.69) is 27.3 Å². The van der Waals surface area contributed by atoms with Gasteiger partial charge in [-0.1, -0.05) is 0 Å². The maximum atomic E-state index is 11.0. The Morgan fingerprint density at radius 3 is 2.73 bits per heavy atom. The minimum Gasteiger partial charge on any atom is -0.369 e. The van der Waals surface area contributed by atoms with Crippen LogP contribution in [0.4, 0.5) is 0 Å². The van der Waals surface area contributed by atoms with Crippen LogP contribution in [0, 0.1) is 5.41 Å². The molecule has 0 saturated carbocycles. The van der Waals surface area contributed by atoms with Gasteiger partial charge in [0, 0.05) is 18.0 Å². The van der Waals surface area contributed by atoms with Gasteiger partial charge in [0.1, 0.15) is 0 Å². The second-order valence-electron chi connectivity index (χ2n) is 4.06. The SMILES string of the molecule is CC(C)(CNCc1ccc(Br)s1)C(N)=O. The molecule has 3 N–H and O–H groups in total.